The van der Waals surface area contributed by atoms with Gasteiger partial charge in [0.2, 0.25) is 0 Å². The number of phenolic OH excluding ortho intramolecular Hbond substituents is 2. The van der Waals surface area contributed by atoms with E-state index in [-0.39, 0.29) is 23.8 Å². The van der Waals surface area contributed by atoms with Crippen molar-refractivity contribution in [1.82, 2.24) is 5.43 Å². The first-order chi connectivity index (χ1) is 14.9. The van der Waals surface area contributed by atoms with Gasteiger partial charge >= 0.3 is 0 Å². The van der Waals surface area contributed by atoms with E-state index in [1.807, 2.05) is 24.3 Å². The Kier molecular flexibility index (Phi) is 9.12. The number of unbranched alkanes of at least 4 members (excludes halogenated alkanes) is 1. The fraction of sp³-hybridized carbons (Fsp3) is 0.292. The Morgan fingerprint density at radius 1 is 1.10 bits per heavy atom. The minimum Gasteiger partial charge on any atom is -0.505 e. The molecule has 0 aromatic heterocycles. The molecule has 0 unspecified atom stereocenters. The third-order valence-electron chi connectivity index (χ3n) is 4.90. The number of amides is 1. The van der Waals surface area contributed by atoms with Gasteiger partial charge in [-0.25, -0.2) is 0 Å². The highest BCUT2D eigenvalue weighted by molar-refractivity contribution is 5.87. The highest BCUT2D eigenvalue weighted by atomic mass is 16.3. The number of nitrogens with one attached hydrogen (secondary N) is 2. The van der Waals surface area contributed by atoms with Gasteiger partial charge in [-0.05, 0) is 49.3 Å². The maximum Gasteiger partial charge on any atom is 0.255 e. The zero-order valence-electron chi connectivity index (χ0n) is 17.6. The second-order valence-corrected chi connectivity index (χ2v) is 7.28. The Morgan fingerprint density at radius 2 is 1.84 bits per heavy atom. The Bertz CT molecular complexity index is 927. The Labute approximate surface area is 182 Å². The van der Waals surface area contributed by atoms with Crippen molar-refractivity contribution in [3.05, 3.63) is 66.8 Å². The van der Waals surface area contributed by atoms with E-state index >= 15 is 0 Å². The van der Waals surface area contributed by atoms with E-state index in [9.17, 15) is 15.0 Å². The number of rotatable bonds is 12. The summed E-state index contributed by atoms with van der Waals surface area (Å²) in [5, 5.41) is 30.4. The predicted molar refractivity (Wildman–Crippen MR) is 124 cm³/mol. The molecule has 1 atom stereocenters. The van der Waals surface area contributed by atoms with Crippen molar-refractivity contribution < 1.29 is 20.1 Å². The zero-order valence-corrected chi connectivity index (χ0v) is 17.6. The van der Waals surface area contributed by atoms with Gasteiger partial charge in [0.15, 0.2) is 5.75 Å². The molecule has 166 valence electrons. The Morgan fingerprint density at radius 3 is 2.52 bits per heavy atom. The quantitative estimate of drug-likeness (QED) is 0.134. The lowest BCUT2D eigenvalue weighted by Gasteiger charge is -2.19. The summed E-state index contributed by atoms with van der Waals surface area (Å²) in [6.07, 6.45) is 6.07. The number of carbonyl (C=O) groups excluding carboxylic acids is 1. The van der Waals surface area contributed by atoms with E-state index in [0.717, 1.165) is 11.1 Å². The van der Waals surface area contributed by atoms with Gasteiger partial charge in [0.25, 0.3) is 5.91 Å². The molecule has 1 amide bonds. The van der Waals surface area contributed by atoms with Gasteiger partial charge in [-0.1, -0.05) is 36.4 Å². The molecule has 0 radical (unpaired) electrons. The minimum absolute atomic E-state index is 0.0145. The second-order valence-electron chi connectivity index (χ2n) is 7.28. The van der Waals surface area contributed by atoms with Crippen molar-refractivity contribution in [1.29, 1.82) is 0 Å². The zero-order chi connectivity index (χ0) is 22.8. The minimum atomic E-state index is -0.783. The lowest BCUT2D eigenvalue weighted by atomic mass is 9.96. The number of aliphatic hydroxyl groups excluding tert-OH is 1. The number of hydrazine groups is 1. The first kappa shape index (κ1) is 24.0. The van der Waals surface area contributed by atoms with Crippen LogP contribution in [0.4, 0.5) is 5.69 Å². The lowest BCUT2D eigenvalue weighted by molar-refractivity contribution is -0.122. The van der Waals surface area contributed by atoms with Crippen LogP contribution in [-0.4, -0.2) is 33.9 Å². The van der Waals surface area contributed by atoms with Crippen LogP contribution in [-0.2, 0) is 17.6 Å². The van der Waals surface area contributed by atoms with Crippen LogP contribution in [0.2, 0.25) is 0 Å². The van der Waals surface area contributed by atoms with E-state index in [0.29, 0.717) is 43.2 Å². The summed E-state index contributed by atoms with van der Waals surface area (Å²) < 4.78 is 0. The van der Waals surface area contributed by atoms with Crippen LogP contribution in [0.3, 0.4) is 0 Å². The van der Waals surface area contributed by atoms with Crippen molar-refractivity contribution in [2.24, 2.45) is 5.73 Å². The number of anilines is 1. The fourth-order valence-electron chi connectivity index (χ4n) is 3.22. The standard InChI is InChI=1S/C24H31N3O4/c1-3-8-16-10-7-11-17(14-16)19-15-18(9-4-2)22(29)21(23(19)30)26-27-24(31)20(25)12-5-6-13-28/h3-4,7,10-11,14-15,20,26,28-30H,1-2,5-6,8-9,12-13,25H2,(H,27,31)/t20-/m0/s1. The highest BCUT2D eigenvalue weighted by Gasteiger charge is 2.20. The maximum atomic E-state index is 12.3. The van der Waals surface area contributed by atoms with E-state index < -0.39 is 11.9 Å². The van der Waals surface area contributed by atoms with Crippen LogP contribution in [0.15, 0.2) is 55.6 Å². The summed E-state index contributed by atoms with van der Waals surface area (Å²) in [7, 11) is 0. The number of phenols is 2. The molecule has 7 nitrogen and oxygen atoms in total. The number of nitrogens with two attached hydrogens (primary N) is 1. The van der Waals surface area contributed by atoms with Crippen molar-refractivity contribution in [2.75, 3.05) is 12.0 Å². The van der Waals surface area contributed by atoms with Crippen molar-refractivity contribution in [3.63, 3.8) is 0 Å². The summed E-state index contributed by atoms with van der Waals surface area (Å²) >= 11 is 0. The Balaban J connectivity index is 2.34. The van der Waals surface area contributed by atoms with Gasteiger partial charge in [0.1, 0.15) is 11.4 Å². The summed E-state index contributed by atoms with van der Waals surface area (Å²) in [5.41, 5.74) is 13.8. The molecular formula is C24H31N3O4. The molecule has 31 heavy (non-hydrogen) atoms. The van der Waals surface area contributed by atoms with E-state index in [4.69, 9.17) is 10.8 Å². The first-order valence-corrected chi connectivity index (χ1v) is 10.2. The normalized spacial score (nSPS) is 11.5. The molecule has 0 saturated carbocycles. The van der Waals surface area contributed by atoms with Crippen molar-refractivity contribution >= 4 is 11.6 Å². The molecule has 0 bridgehead atoms. The number of allylic oxidation sites excluding steroid dienone is 2. The first-order valence-electron chi connectivity index (χ1n) is 10.2. The van der Waals surface area contributed by atoms with Crippen molar-refractivity contribution in [2.45, 2.75) is 38.1 Å². The average Bonchev–Trinajstić information content (AvgIpc) is 2.76. The summed E-state index contributed by atoms with van der Waals surface area (Å²) in [4.78, 5) is 12.3. The summed E-state index contributed by atoms with van der Waals surface area (Å²) in [6.45, 7) is 7.51. The number of benzene rings is 2. The lowest BCUT2D eigenvalue weighted by Crippen LogP contribution is -2.43. The average molecular weight is 426 g/mol. The van der Waals surface area contributed by atoms with Gasteiger partial charge in [0.05, 0.1) is 6.04 Å². The predicted octanol–water partition coefficient (Wildman–Crippen LogP) is 3.15. The molecule has 0 aliphatic rings. The summed E-state index contributed by atoms with van der Waals surface area (Å²) in [5.74, 6) is -0.867. The fourth-order valence-corrected chi connectivity index (χ4v) is 3.22. The van der Waals surface area contributed by atoms with Crippen LogP contribution in [0.25, 0.3) is 11.1 Å². The van der Waals surface area contributed by atoms with Gasteiger partial charge < -0.3 is 21.1 Å². The molecule has 2 aromatic carbocycles. The van der Waals surface area contributed by atoms with Crippen LogP contribution < -0.4 is 16.6 Å². The second kappa shape index (κ2) is 11.8. The van der Waals surface area contributed by atoms with Gasteiger partial charge in [0, 0.05) is 17.7 Å². The monoisotopic (exact) mass is 425 g/mol. The van der Waals surface area contributed by atoms with Crippen LogP contribution in [0.5, 0.6) is 11.5 Å². The SMILES string of the molecule is C=CCc1cccc(-c2cc(CC=C)c(O)c(NNC(=O)[C@@H](N)CCCCO)c2O)c1. The van der Waals surface area contributed by atoms with Crippen LogP contribution >= 0.6 is 0 Å². The van der Waals surface area contributed by atoms with Gasteiger partial charge in [-0.3, -0.25) is 15.6 Å². The number of aromatic hydroxyl groups is 2. The highest BCUT2D eigenvalue weighted by Crippen LogP contribution is 2.44. The largest absolute Gasteiger partial charge is 0.505 e. The molecule has 0 fully saturated rings. The number of hydrogen-bond donors (Lipinski definition) is 6. The number of carbonyl (C=O) groups is 1. The molecule has 0 aliphatic heterocycles. The summed E-state index contributed by atoms with van der Waals surface area (Å²) in [6, 6.07) is 8.56. The maximum absolute atomic E-state index is 12.3. The molecule has 0 saturated heterocycles. The van der Waals surface area contributed by atoms with Crippen LogP contribution in [0.1, 0.15) is 30.4 Å². The smallest absolute Gasteiger partial charge is 0.255 e. The molecule has 7 N–H and O–H groups in total. The molecule has 2 aromatic rings. The van der Waals surface area contributed by atoms with Crippen LogP contribution in [0, 0.1) is 0 Å². The van der Waals surface area contributed by atoms with E-state index in [1.54, 1.807) is 18.2 Å². The molecular weight excluding hydrogens is 394 g/mol. The molecule has 7 heteroatoms. The molecule has 0 heterocycles. The third-order valence-corrected chi connectivity index (χ3v) is 4.90. The topological polar surface area (TPSA) is 128 Å². The Hall–Kier alpha value is -3.29. The molecule has 0 spiro atoms. The van der Waals surface area contributed by atoms with Gasteiger partial charge in [-0.15, -0.1) is 13.2 Å². The van der Waals surface area contributed by atoms with E-state index in [2.05, 4.69) is 24.0 Å². The molecule has 0 aliphatic carbocycles. The third kappa shape index (κ3) is 6.34. The van der Waals surface area contributed by atoms with E-state index in [1.165, 1.54) is 0 Å². The van der Waals surface area contributed by atoms with Gasteiger partial charge in [-0.2, -0.15) is 0 Å². The molecule has 2 rings (SSSR count). The number of aliphatic hydroxyl groups is 1. The van der Waals surface area contributed by atoms with Crippen molar-refractivity contribution in [3.8, 4) is 22.6 Å². The number of hydrogen-bond acceptors (Lipinski definition) is 6.